The number of rotatable bonds is 10. The molecule has 17 heteroatoms. The van der Waals surface area contributed by atoms with Crippen LogP contribution in [0, 0.1) is 11.3 Å². The zero-order valence-corrected chi connectivity index (χ0v) is 25.9. The predicted molar refractivity (Wildman–Crippen MR) is 157 cm³/mol. The lowest BCUT2D eigenvalue weighted by molar-refractivity contribution is -0.143. The topological polar surface area (TPSA) is 83.1 Å². The minimum absolute atomic E-state index is 0.00341. The summed E-state index contributed by atoms with van der Waals surface area (Å²) in [7, 11) is 1.38. The van der Waals surface area contributed by atoms with Crippen LogP contribution >= 0.6 is 0 Å². The van der Waals surface area contributed by atoms with Gasteiger partial charge < -0.3 is 9.64 Å². The number of benzene rings is 3. The fraction of sp³-hybridized carbons (Fsp3) is 0.375. The van der Waals surface area contributed by atoms with Gasteiger partial charge in [-0.15, -0.1) is 5.10 Å². The van der Waals surface area contributed by atoms with E-state index in [1.807, 2.05) is 17.9 Å². The largest absolute Gasteiger partial charge is 0.488 e. The Kier molecular flexibility index (Phi) is 9.82. The zero-order valence-electron chi connectivity index (χ0n) is 25.9. The molecule has 1 saturated heterocycles. The van der Waals surface area contributed by atoms with E-state index < -0.39 is 59.9 Å². The Morgan fingerprint density at radius 3 is 1.98 bits per heavy atom. The van der Waals surface area contributed by atoms with Crippen molar-refractivity contribution in [2.75, 3.05) is 18.0 Å². The highest BCUT2D eigenvalue weighted by molar-refractivity contribution is 5.42. The summed E-state index contributed by atoms with van der Waals surface area (Å²) in [5.74, 6) is 0.326. The van der Waals surface area contributed by atoms with Gasteiger partial charge >= 0.3 is 18.5 Å². The normalized spacial score (nSPS) is 15.1. The molecular weight excluding hydrogens is 669 g/mol. The van der Waals surface area contributed by atoms with Gasteiger partial charge in [0.25, 0.3) is 5.95 Å². The van der Waals surface area contributed by atoms with E-state index in [1.54, 1.807) is 24.3 Å². The van der Waals surface area contributed by atoms with Crippen LogP contribution < -0.4 is 9.64 Å². The number of aryl methyl sites for hydroxylation is 1. The van der Waals surface area contributed by atoms with Crippen molar-refractivity contribution in [1.82, 2.24) is 25.1 Å². The van der Waals surface area contributed by atoms with Gasteiger partial charge in [0.2, 0.25) is 0 Å². The molecule has 260 valence electrons. The Bertz CT molecular complexity index is 1770. The highest BCUT2D eigenvalue weighted by atomic mass is 19.4. The van der Waals surface area contributed by atoms with E-state index in [0.717, 1.165) is 16.9 Å². The first-order chi connectivity index (χ1) is 22.9. The number of hydrogen-bond donors (Lipinski definition) is 0. The maximum absolute atomic E-state index is 13.9. The lowest BCUT2D eigenvalue weighted by atomic mass is 9.92. The Labute approximate surface area is 274 Å². The smallest absolute Gasteiger partial charge is 0.416 e. The SMILES string of the molecule is CCC(c1ccc(C(F)(F)F)cc1CN(Cc1cc(C(F)(F)F)cc(C(F)(F)F)c1)c1nnn(C)n1)N1CC(Oc2ccc(C#N)cc2)C1. The van der Waals surface area contributed by atoms with Gasteiger partial charge in [-0.25, -0.2) is 0 Å². The summed E-state index contributed by atoms with van der Waals surface area (Å²) >= 11 is 0. The number of likely N-dealkylation sites (tertiary alicyclic amines) is 1. The molecule has 0 spiro atoms. The summed E-state index contributed by atoms with van der Waals surface area (Å²) in [5, 5.41) is 20.6. The molecule has 0 amide bonds. The van der Waals surface area contributed by atoms with Crippen molar-refractivity contribution in [3.05, 3.63) is 99.6 Å². The van der Waals surface area contributed by atoms with Crippen LogP contribution in [-0.2, 0) is 38.7 Å². The monoisotopic (exact) mass is 697 g/mol. The van der Waals surface area contributed by atoms with E-state index in [1.165, 1.54) is 18.0 Å². The summed E-state index contributed by atoms with van der Waals surface area (Å²) in [5.41, 5.74) is -3.42. The number of anilines is 1. The zero-order chi connectivity index (χ0) is 35.7. The van der Waals surface area contributed by atoms with E-state index in [-0.39, 0.29) is 23.7 Å². The summed E-state index contributed by atoms with van der Waals surface area (Å²) in [6.07, 6.45) is -14.7. The second-order valence-corrected chi connectivity index (χ2v) is 11.5. The number of ether oxygens (including phenoxy) is 1. The third kappa shape index (κ3) is 8.42. The van der Waals surface area contributed by atoms with Crippen LogP contribution in [0.3, 0.4) is 0 Å². The molecule has 0 bridgehead atoms. The molecule has 1 aliphatic heterocycles. The maximum Gasteiger partial charge on any atom is 0.416 e. The second-order valence-electron chi connectivity index (χ2n) is 11.5. The molecule has 5 rings (SSSR count). The van der Waals surface area contributed by atoms with Gasteiger partial charge in [-0.05, 0) is 82.9 Å². The van der Waals surface area contributed by atoms with Crippen molar-refractivity contribution in [1.29, 1.82) is 5.26 Å². The van der Waals surface area contributed by atoms with Gasteiger partial charge in [0.15, 0.2) is 0 Å². The van der Waals surface area contributed by atoms with E-state index in [2.05, 4.69) is 15.4 Å². The molecule has 0 saturated carbocycles. The lowest BCUT2D eigenvalue weighted by Gasteiger charge is -2.44. The molecule has 1 aromatic heterocycles. The quantitative estimate of drug-likeness (QED) is 0.158. The lowest BCUT2D eigenvalue weighted by Crippen LogP contribution is -2.55. The maximum atomic E-state index is 13.9. The van der Waals surface area contributed by atoms with Gasteiger partial charge in [0, 0.05) is 32.2 Å². The van der Waals surface area contributed by atoms with Gasteiger partial charge in [-0.1, -0.05) is 18.1 Å². The molecule has 0 radical (unpaired) electrons. The van der Waals surface area contributed by atoms with Gasteiger partial charge in [-0.3, -0.25) is 4.90 Å². The van der Waals surface area contributed by atoms with Crippen molar-refractivity contribution >= 4 is 5.95 Å². The molecule has 0 aliphatic carbocycles. The summed E-state index contributed by atoms with van der Waals surface area (Å²) < 4.78 is 130. The van der Waals surface area contributed by atoms with E-state index in [0.29, 0.717) is 48.5 Å². The number of tetrazole rings is 1. The first-order valence-corrected chi connectivity index (χ1v) is 14.8. The third-order valence-electron chi connectivity index (χ3n) is 7.98. The van der Waals surface area contributed by atoms with Crippen LogP contribution in [0.2, 0.25) is 0 Å². The number of nitrogens with zero attached hydrogens (tertiary/aromatic N) is 7. The van der Waals surface area contributed by atoms with Crippen LogP contribution in [0.5, 0.6) is 5.75 Å². The van der Waals surface area contributed by atoms with E-state index in [4.69, 9.17) is 10.00 Å². The van der Waals surface area contributed by atoms with Gasteiger partial charge in [0.05, 0.1) is 35.4 Å². The van der Waals surface area contributed by atoms with Crippen molar-refractivity contribution in [3.8, 4) is 11.8 Å². The number of hydrogen-bond acceptors (Lipinski definition) is 7. The molecule has 4 aromatic rings. The molecule has 1 atom stereocenters. The number of alkyl halides is 9. The van der Waals surface area contributed by atoms with E-state index in [9.17, 15) is 39.5 Å². The number of nitriles is 1. The fourth-order valence-electron chi connectivity index (χ4n) is 5.65. The Hall–Kier alpha value is -4.85. The van der Waals surface area contributed by atoms with Crippen LogP contribution in [0.4, 0.5) is 45.5 Å². The second kappa shape index (κ2) is 13.6. The van der Waals surface area contributed by atoms with Crippen LogP contribution in [0.25, 0.3) is 0 Å². The van der Waals surface area contributed by atoms with Crippen molar-refractivity contribution in [2.24, 2.45) is 7.05 Å². The standard InChI is InChI=1S/C32H28F9N7O/c1-3-28(47-17-26(18-47)49-25-7-4-19(14-42)5-8-25)27-9-6-22(30(33,34)35)12-21(27)16-48(29-43-45-46(2)44-29)15-20-10-23(31(36,37)38)13-24(11-20)32(39,40)41/h4-13,26,28H,3,15-18H2,1-2H3. The summed E-state index contributed by atoms with van der Waals surface area (Å²) in [6.45, 7) is 1.65. The first-order valence-electron chi connectivity index (χ1n) is 14.8. The molecule has 1 fully saturated rings. The Morgan fingerprint density at radius 2 is 1.47 bits per heavy atom. The minimum Gasteiger partial charge on any atom is -0.488 e. The summed E-state index contributed by atoms with van der Waals surface area (Å²) in [4.78, 5) is 4.18. The number of halogens is 9. The highest BCUT2D eigenvalue weighted by Crippen LogP contribution is 2.39. The summed E-state index contributed by atoms with van der Waals surface area (Å²) in [6, 6.07) is 12.4. The average Bonchev–Trinajstić information content (AvgIpc) is 3.45. The van der Waals surface area contributed by atoms with Crippen molar-refractivity contribution in [3.63, 3.8) is 0 Å². The Balaban J connectivity index is 1.48. The van der Waals surface area contributed by atoms with Gasteiger partial charge in [0.1, 0.15) is 11.9 Å². The molecular formula is C32H28F9N7O. The average molecular weight is 698 g/mol. The fourth-order valence-corrected chi connectivity index (χ4v) is 5.65. The van der Waals surface area contributed by atoms with Crippen LogP contribution in [0.15, 0.2) is 60.7 Å². The van der Waals surface area contributed by atoms with Crippen molar-refractivity contribution < 1.29 is 44.3 Å². The van der Waals surface area contributed by atoms with Crippen LogP contribution in [-0.4, -0.2) is 44.3 Å². The van der Waals surface area contributed by atoms with Crippen molar-refractivity contribution in [2.45, 2.75) is 57.1 Å². The first kappa shape index (κ1) is 35.5. The molecule has 8 nitrogen and oxygen atoms in total. The molecule has 0 N–H and O–H groups in total. The highest BCUT2D eigenvalue weighted by Gasteiger charge is 2.39. The van der Waals surface area contributed by atoms with Crippen LogP contribution in [0.1, 0.15) is 58.3 Å². The number of aromatic nitrogens is 4. The molecule has 49 heavy (non-hydrogen) atoms. The molecule has 3 aromatic carbocycles. The van der Waals surface area contributed by atoms with Gasteiger partial charge in [-0.2, -0.15) is 49.6 Å². The van der Waals surface area contributed by atoms with E-state index >= 15 is 0 Å². The molecule has 1 unspecified atom stereocenters. The predicted octanol–water partition coefficient (Wildman–Crippen LogP) is 7.56. The minimum atomic E-state index is -5.10. The third-order valence-corrected chi connectivity index (χ3v) is 7.98. The molecule has 2 heterocycles. The molecule has 1 aliphatic rings. The Morgan fingerprint density at radius 1 is 0.857 bits per heavy atom.